The first kappa shape index (κ1) is 15.0. The fourth-order valence-corrected chi connectivity index (χ4v) is 1.94. The number of rotatable bonds is 8. The van der Waals surface area contributed by atoms with Gasteiger partial charge in [0.15, 0.2) is 0 Å². The second-order valence-corrected chi connectivity index (χ2v) is 5.12. The molecule has 0 radical (unpaired) electrons. The quantitative estimate of drug-likeness (QED) is 0.693. The van der Waals surface area contributed by atoms with Crippen LogP contribution in [0.25, 0.3) is 0 Å². The molecule has 0 aromatic heterocycles. The summed E-state index contributed by atoms with van der Waals surface area (Å²) in [6.45, 7) is 9.64. The molecule has 0 amide bonds. The fourth-order valence-electron chi connectivity index (χ4n) is 1.94. The predicted molar refractivity (Wildman–Crippen MR) is 78.1 cm³/mol. The van der Waals surface area contributed by atoms with E-state index in [2.05, 4.69) is 51.2 Å². The van der Waals surface area contributed by atoms with E-state index < -0.39 is 0 Å². The molecule has 0 bridgehead atoms. The molecule has 0 aliphatic rings. The minimum absolute atomic E-state index is 0.230. The lowest BCUT2D eigenvalue weighted by Gasteiger charge is -2.16. The topological polar surface area (TPSA) is 21.3 Å². The van der Waals surface area contributed by atoms with Crippen LogP contribution in [0, 0.1) is 0 Å². The Labute approximate surface area is 112 Å². The number of ether oxygens (including phenoxy) is 1. The lowest BCUT2D eigenvalue weighted by molar-refractivity contribution is 0.242. The molecule has 1 N–H and O–H groups in total. The zero-order chi connectivity index (χ0) is 13.4. The van der Waals surface area contributed by atoms with Crippen LogP contribution < -0.4 is 10.1 Å². The number of unbranched alkanes of at least 4 members (excludes halogenated alkanes) is 2. The second kappa shape index (κ2) is 8.15. The van der Waals surface area contributed by atoms with Crippen LogP contribution in [0.15, 0.2) is 24.3 Å². The van der Waals surface area contributed by atoms with E-state index in [0.717, 1.165) is 12.3 Å². The first-order valence-corrected chi connectivity index (χ1v) is 7.13. The molecule has 0 heterocycles. The highest BCUT2D eigenvalue weighted by Gasteiger charge is 2.06. The Morgan fingerprint density at radius 2 is 1.94 bits per heavy atom. The van der Waals surface area contributed by atoms with Gasteiger partial charge in [0, 0.05) is 6.04 Å². The SMILES string of the molecule is CCCCCNC(C)c1cccc(OC(C)C)c1. The molecule has 18 heavy (non-hydrogen) atoms. The summed E-state index contributed by atoms with van der Waals surface area (Å²) in [4.78, 5) is 0. The van der Waals surface area contributed by atoms with Gasteiger partial charge in [0.2, 0.25) is 0 Å². The van der Waals surface area contributed by atoms with Crippen LogP contribution in [-0.4, -0.2) is 12.6 Å². The maximum absolute atomic E-state index is 5.72. The van der Waals surface area contributed by atoms with Gasteiger partial charge in [-0.2, -0.15) is 0 Å². The summed E-state index contributed by atoms with van der Waals surface area (Å²) in [5.74, 6) is 0.963. The van der Waals surface area contributed by atoms with Crippen molar-refractivity contribution in [3.8, 4) is 5.75 Å². The molecule has 1 rings (SSSR count). The van der Waals surface area contributed by atoms with Gasteiger partial charge in [-0.15, -0.1) is 0 Å². The number of nitrogens with one attached hydrogen (secondary N) is 1. The Morgan fingerprint density at radius 1 is 1.17 bits per heavy atom. The van der Waals surface area contributed by atoms with E-state index in [4.69, 9.17) is 4.74 Å². The first-order valence-electron chi connectivity index (χ1n) is 7.13. The Balaban J connectivity index is 2.48. The molecular weight excluding hydrogens is 222 g/mol. The average molecular weight is 249 g/mol. The van der Waals surface area contributed by atoms with Crippen molar-refractivity contribution in [1.82, 2.24) is 5.32 Å². The summed E-state index contributed by atoms with van der Waals surface area (Å²) >= 11 is 0. The van der Waals surface area contributed by atoms with Crippen LogP contribution in [-0.2, 0) is 0 Å². The van der Waals surface area contributed by atoms with Crippen molar-refractivity contribution >= 4 is 0 Å². The summed E-state index contributed by atoms with van der Waals surface area (Å²) in [5.41, 5.74) is 1.30. The van der Waals surface area contributed by atoms with Crippen molar-refractivity contribution < 1.29 is 4.74 Å². The van der Waals surface area contributed by atoms with Gasteiger partial charge in [-0.3, -0.25) is 0 Å². The van der Waals surface area contributed by atoms with Gasteiger partial charge in [0.05, 0.1) is 6.10 Å². The van der Waals surface area contributed by atoms with Crippen LogP contribution in [0.4, 0.5) is 0 Å². The molecule has 0 aliphatic heterocycles. The van der Waals surface area contributed by atoms with Gasteiger partial charge < -0.3 is 10.1 Å². The number of hydrogen-bond donors (Lipinski definition) is 1. The molecule has 1 aromatic rings. The van der Waals surface area contributed by atoms with Crippen molar-refractivity contribution in [2.75, 3.05) is 6.54 Å². The molecule has 2 heteroatoms. The van der Waals surface area contributed by atoms with E-state index >= 15 is 0 Å². The lowest BCUT2D eigenvalue weighted by Crippen LogP contribution is -2.19. The monoisotopic (exact) mass is 249 g/mol. The molecule has 2 nitrogen and oxygen atoms in total. The lowest BCUT2D eigenvalue weighted by atomic mass is 10.1. The minimum atomic E-state index is 0.230. The molecule has 0 saturated carbocycles. The zero-order valence-corrected chi connectivity index (χ0v) is 12.2. The van der Waals surface area contributed by atoms with Crippen LogP contribution in [0.3, 0.4) is 0 Å². The second-order valence-electron chi connectivity index (χ2n) is 5.12. The van der Waals surface area contributed by atoms with E-state index in [-0.39, 0.29) is 6.10 Å². The average Bonchev–Trinajstić information content (AvgIpc) is 2.34. The third kappa shape index (κ3) is 5.54. The highest BCUT2D eigenvalue weighted by Crippen LogP contribution is 2.20. The predicted octanol–water partition coefficient (Wildman–Crippen LogP) is 4.31. The Hall–Kier alpha value is -1.02. The van der Waals surface area contributed by atoms with Crippen molar-refractivity contribution in [2.45, 2.75) is 59.1 Å². The van der Waals surface area contributed by atoms with E-state index in [1.165, 1.54) is 24.8 Å². The maximum Gasteiger partial charge on any atom is 0.120 e. The van der Waals surface area contributed by atoms with Crippen LogP contribution in [0.1, 0.15) is 58.6 Å². The van der Waals surface area contributed by atoms with Crippen LogP contribution >= 0.6 is 0 Å². The first-order chi connectivity index (χ1) is 8.63. The van der Waals surface area contributed by atoms with Gasteiger partial charge >= 0.3 is 0 Å². The van der Waals surface area contributed by atoms with Gasteiger partial charge in [0.25, 0.3) is 0 Å². The van der Waals surface area contributed by atoms with Gasteiger partial charge in [0.1, 0.15) is 5.75 Å². The molecule has 0 fully saturated rings. The minimum Gasteiger partial charge on any atom is -0.491 e. The molecule has 0 saturated heterocycles. The van der Waals surface area contributed by atoms with Crippen molar-refractivity contribution in [2.24, 2.45) is 0 Å². The summed E-state index contributed by atoms with van der Waals surface area (Å²) in [6, 6.07) is 8.77. The summed E-state index contributed by atoms with van der Waals surface area (Å²) < 4.78 is 5.72. The van der Waals surface area contributed by atoms with E-state index in [1.807, 2.05) is 6.07 Å². The number of benzene rings is 1. The molecule has 1 unspecified atom stereocenters. The largest absolute Gasteiger partial charge is 0.491 e. The van der Waals surface area contributed by atoms with Gasteiger partial charge in [-0.05, 0) is 51.4 Å². The molecule has 102 valence electrons. The third-order valence-electron chi connectivity index (χ3n) is 2.96. The Bertz CT molecular complexity index is 336. The smallest absolute Gasteiger partial charge is 0.120 e. The molecule has 1 atom stereocenters. The molecule has 1 aromatic carbocycles. The normalized spacial score (nSPS) is 12.7. The highest BCUT2D eigenvalue weighted by molar-refractivity contribution is 5.30. The Kier molecular flexibility index (Phi) is 6.81. The van der Waals surface area contributed by atoms with E-state index in [9.17, 15) is 0 Å². The van der Waals surface area contributed by atoms with Crippen molar-refractivity contribution in [1.29, 1.82) is 0 Å². The van der Waals surface area contributed by atoms with Crippen LogP contribution in [0.5, 0.6) is 5.75 Å². The van der Waals surface area contributed by atoms with Gasteiger partial charge in [-0.1, -0.05) is 31.9 Å². The zero-order valence-electron chi connectivity index (χ0n) is 12.2. The van der Waals surface area contributed by atoms with Crippen molar-refractivity contribution in [3.63, 3.8) is 0 Å². The van der Waals surface area contributed by atoms with E-state index in [0.29, 0.717) is 6.04 Å². The van der Waals surface area contributed by atoms with Crippen molar-refractivity contribution in [3.05, 3.63) is 29.8 Å². The molecule has 0 spiro atoms. The molecule has 0 aliphatic carbocycles. The summed E-state index contributed by atoms with van der Waals surface area (Å²) in [5, 5.41) is 3.56. The fraction of sp³-hybridized carbons (Fsp3) is 0.625. The third-order valence-corrected chi connectivity index (χ3v) is 2.96. The van der Waals surface area contributed by atoms with E-state index in [1.54, 1.807) is 0 Å². The molecular formula is C16H27NO. The Morgan fingerprint density at radius 3 is 2.61 bits per heavy atom. The number of hydrogen-bond acceptors (Lipinski definition) is 2. The van der Waals surface area contributed by atoms with Crippen LogP contribution in [0.2, 0.25) is 0 Å². The standard InChI is InChI=1S/C16H27NO/c1-5-6-7-11-17-14(4)15-9-8-10-16(12-15)18-13(2)3/h8-10,12-14,17H,5-7,11H2,1-4H3. The highest BCUT2D eigenvalue weighted by atomic mass is 16.5. The summed E-state index contributed by atoms with van der Waals surface area (Å²) in [6.07, 6.45) is 4.06. The maximum atomic E-state index is 5.72. The summed E-state index contributed by atoms with van der Waals surface area (Å²) in [7, 11) is 0. The van der Waals surface area contributed by atoms with Gasteiger partial charge in [-0.25, -0.2) is 0 Å².